The predicted octanol–water partition coefficient (Wildman–Crippen LogP) is -0.294. The molecule has 4 heteroatoms. The van der Waals surface area contributed by atoms with E-state index in [2.05, 4.69) is 0 Å². The number of carbonyl (C=O) groups is 1. The summed E-state index contributed by atoms with van der Waals surface area (Å²) in [5, 5.41) is 8.32. The molecule has 0 aromatic rings. The van der Waals surface area contributed by atoms with Gasteiger partial charge in [-0.3, -0.25) is 4.79 Å². The predicted molar refractivity (Wildman–Crippen MR) is 40.3 cm³/mol. The van der Waals surface area contributed by atoms with Crippen LogP contribution >= 0.6 is 0 Å². The Morgan fingerprint density at radius 1 is 1.60 bits per heavy atom. The van der Waals surface area contributed by atoms with Crippen LogP contribution in [0.1, 0.15) is 13.3 Å². The quantitative estimate of drug-likeness (QED) is 0.568. The van der Waals surface area contributed by atoms with Crippen molar-refractivity contribution in [3.63, 3.8) is 0 Å². The number of hydrogen-bond acceptors (Lipinski definition) is 3. The van der Waals surface area contributed by atoms with Gasteiger partial charge in [0.1, 0.15) is 17.3 Å². The number of ketones is 1. The summed E-state index contributed by atoms with van der Waals surface area (Å²) in [6.07, 6.45) is 0.354. The molecule has 0 fully saturated rings. The molecule has 0 aromatic carbocycles. The van der Waals surface area contributed by atoms with Crippen LogP contribution in [0.15, 0.2) is 0 Å². The van der Waals surface area contributed by atoms with Crippen molar-refractivity contribution in [3.05, 3.63) is 0 Å². The molecule has 0 saturated carbocycles. The van der Waals surface area contributed by atoms with Gasteiger partial charge in [0.25, 0.3) is 0 Å². The molecule has 1 N–H and O–H groups in total. The van der Waals surface area contributed by atoms with Gasteiger partial charge in [0.2, 0.25) is 0 Å². The second kappa shape index (κ2) is 5.70. The van der Waals surface area contributed by atoms with Crippen molar-refractivity contribution in [1.29, 1.82) is 0 Å². The molecular formula is C6H12O3S. The maximum Gasteiger partial charge on any atom is 0.134 e. The zero-order valence-electron chi connectivity index (χ0n) is 6.00. The van der Waals surface area contributed by atoms with Crippen LogP contribution < -0.4 is 0 Å². The van der Waals surface area contributed by atoms with E-state index in [1.54, 1.807) is 0 Å². The summed E-state index contributed by atoms with van der Waals surface area (Å²) < 4.78 is 10.7. The Balaban J connectivity index is 3.21. The van der Waals surface area contributed by atoms with Crippen LogP contribution in [0.3, 0.4) is 0 Å². The van der Waals surface area contributed by atoms with Crippen molar-refractivity contribution < 1.29 is 14.5 Å². The van der Waals surface area contributed by atoms with Crippen LogP contribution in [0.4, 0.5) is 0 Å². The van der Waals surface area contributed by atoms with Gasteiger partial charge in [0.15, 0.2) is 0 Å². The minimum Gasteiger partial charge on any atom is -0.616 e. The molecule has 0 amide bonds. The molecule has 0 spiro atoms. The molecule has 1 unspecified atom stereocenters. The highest BCUT2D eigenvalue weighted by Crippen LogP contribution is 1.93. The SMILES string of the molecule is CC(=O)CC[S+]([O-])CCO. The Kier molecular flexibility index (Phi) is 5.67. The largest absolute Gasteiger partial charge is 0.616 e. The van der Waals surface area contributed by atoms with Crippen molar-refractivity contribution in [2.45, 2.75) is 13.3 Å². The van der Waals surface area contributed by atoms with Crippen molar-refractivity contribution >= 4 is 17.0 Å². The Bertz CT molecular complexity index is 105. The number of carbonyl (C=O) groups excluding carboxylic acids is 1. The summed E-state index contributed by atoms with van der Waals surface area (Å²) in [7, 11) is 0. The van der Waals surface area contributed by atoms with Gasteiger partial charge in [-0.2, -0.15) is 0 Å². The van der Waals surface area contributed by atoms with E-state index < -0.39 is 11.2 Å². The molecule has 0 rings (SSSR count). The van der Waals surface area contributed by atoms with Crippen molar-refractivity contribution in [2.75, 3.05) is 18.1 Å². The van der Waals surface area contributed by atoms with Crippen molar-refractivity contribution in [1.82, 2.24) is 0 Å². The van der Waals surface area contributed by atoms with E-state index in [9.17, 15) is 9.35 Å². The van der Waals surface area contributed by atoms with Gasteiger partial charge in [-0.05, 0) is 6.92 Å². The summed E-state index contributed by atoms with van der Waals surface area (Å²) in [6.45, 7) is 1.40. The van der Waals surface area contributed by atoms with Gasteiger partial charge >= 0.3 is 0 Å². The van der Waals surface area contributed by atoms with E-state index in [-0.39, 0.29) is 18.1 Å². The maximum atomic E-state index is 10.7. The molecular weight excluding hydrogens is 152 g/mol. The van der Waals surface area contributed by atoms with Gasteiger partial charge in [-0.25, -0.2) is 0 Å². The standard InChI is InChI=1S/C6H12O3S/c1-6(8)2-4-10(9)5-3-7/h7H,2-5H2,1H3. The first-order chi connectivity index (χ1) is 4.66. The molecule has 0 aliphatic rings. The molecule has 0 bridgehead atoms. The summed E-state index contributed by atoms with van der Waals surface area (Å²) in [5.41, 5.74) is 0. The van der Waals surface area contributed by atoms with E-state index in [1.165, 1.54) is 6.92 Å². The second-order valence-electron chi connectivity index (χ2n) is 2.02. The van der Waals surface area contributed by atoms with E-state index in [4.69, 9.17) is 5.11 Å². The van der Waals surface area contributed by atoms with Gasteiger partial charge < -0.3 is 9.66 Å². The minimum absolute atomic E-state index is 0.0475. The molecule has 0 aromatic heterocycles. The molecule has 0 aliphatic heterocycles. The molecule has 0 radical (unpaired) electrons. The molecule has 3 nitrogen and oxygen atoms in total. The molecule has 10 heavy (non-hydrogen) atoms. The number of rotatable bonds is 5. The fourth-order valence-corrected chi connectivity index (χ4v) is 1.38. The van der Waals surface area contributed by atoms with E-state index in [0.29, 0.717) is 12.2 Å². The lowest BCUT2D eigenvalue weighted by Gasteiger charge is -2.06. The van der Waals surface area contributed by atoms with Crippen LogP contribution in [0.5, 0.6) is 0 Å². The lowest BCUT2D eigenvalue weighted by molar-refractivity contribution is -0.116. The normalized spacial score (nSPS) is 13.1. The molecule has 60 valence electrons. The monoisotopic (exact) mass is 164 g/mol. The molecule has 0 heterocycles. The third kappa shape index (κ3) is 6.07. The third-order valence-corrected chi connectivity index (χ3v) is 2.30. The number of hydrogen-bond donors (Lipinski definition) is 1. The Hall–Kier alpha value is -0.0600. The molecule has 0 saturated heterocycles. The van der Waals surface area contributed by atoms with Gasteiger partial charge in [-0.15, -0.1) is 0 Å². The Morgan fingerprint density at radius 3 is 2.60 bits per heavy atom. The molecule has 1 atom stereocenters. The Labute approximate surface area is 63.6 Å². The first-order valence-electron chi connectivity index (χ1n) is 3.12. The second-order valence-corrected chi connectivity index (χ2v) is 3.72. The summed E-state index contributed by atoms with van der Waals surface area (Å²) in [6, 6.07) is 0. The van der Waals surface area contributed by atoms with Crippen molar-refractivity contribution in [3.8, 4) is 0 Å². The maximum absolute atomic E-state index is 10.7. The highest BCUT2D eigenvalue weighted by molar-refractivity contribution is 7.91. The third-order valence-electron chi connectivity index (χ3n) is 1.00. The summed E-state index contributed by atoms with van der Waals surface area (Å²) in [5.74, 6) is 0.717. The number of aliphatic hydroxyl groups excluding tert-OH is 1. The van der Waals surface area contributed by atoms with Crippen LogP contribution in [0.25, 0.3) is 0 Å². The van der Waals surface area contributed by atoms with Crippen LogP contribution in [0.2, 0.25) is 0 Å². The van der Waals surface area contributed by atoms with Crippen LogP contribution in [0, 0.1) is 0 Å². The van der Waals surface area contributed by atoms with E-state index >= 15 is 0 Å². The van der Waals surface area contributed by atoms with Crippen molar-refractivity contribution in [2.24, 2.45) is 0 Å². The molecule has 0 aliphatic carbocycles. The first kappa shape index (κ1) is 9.94. The lowest BCUT2D eigenvalue weighted by atomic mass is 10.4. The lowest BCUT2D eigenvalue weighted by Crippen LogP contribution is -2.15. The fourth-order valence-electron chi connectivity index (χ4n) is 0.461. The van der Waals surface area contributed by atoms with Crippen LogP contribution in [-0.2, 0) is 16.0 Å². The average Bonchev–Trinajstić information content (AvgIpc) is 1.85. The van der Waals surface area contributed by atoms with E-state index in [0.717, 1.165) is 0 Å². The highest BCUT2D eigenvalue weighted by Gasteiger charge is 2.05. The fraction of sp³-hybridized carbons (Fsp3) is 0.833. The average molecular weight is 164 g/mol. The number of Topliss-reactive ketones (excluding diaryl/α,β-unsaturated/α-hetero) is 1. The van der Waals surface area contributed by atoms with Gasteiger partial charge in [0, 0.05) is 0 Å². The smallest absolute Gasteiger partial charge is 0.134 e. The topological polar surface area (TPSA) is 60.4 Å². The summed E-state index contributed by atoms with van der Waals surface area (Å²) >= 11 is -1.01. The van der Waals surface area contributed by atoms with Crippen LogP contribution in [-0.4, -0.2) is 33.6 Å². The summed E-state index contributed by atoms with van der Waals surface area (Å²) in [4.78, 5) is 10.4. The van der Waals surface area contributed by atoms with Gasteiger partial charge in [-0.1, -0.05) is 11.2 Å². The minimum atomic E-state index is -1.01. The van der Waals surface area contributed by atoms with Gasteiger partial charge in [0.05, 0.1) is 13.0 Å². The zero-order valence-corrected chi connectivity index (χ0v) is 6.82. The number of aliphatic hydroxyl groups is 1. The Morgan fingerprint density at radius 2 is 2.20 bits per heavy atom. The van der Waals surface area contributed by atoms with E-state index in [1.807, 2.05) is 0 Å². The zero-order chi connectivity index (χ0) is 7.98. The first-order valence-corrected chi connectivity index (χ1v) is 4.61. The highest BCUT2D eigenvalue weighted by atomic mass is 32.2.